The zero-order valence-corrected chi connectivity index (χ0v) is 12.0. The van der Waals surface area contributed by atoms with Gasteiger partial charge in [0.1, 0.15) is 0 Å². The average molecular weight is 291 g/mol. The van der Waals surface area contributed by atoms with E-state index < -0.39 is 16.1 Å². The Bertz CT molecular complexity index is 425. The van der Waals surface area contributed by atoms with E-state index in [0.717, 1.165) is 26.1 Å². The molecule has 110 valence electrons. The number of amides is 1. The predicted molar refractivity (Wildman–Crippen MR) is 70.6 cm³/mol. The minimum Gasteiger partial charge on any atom is -0.465 e. The highest BCUT2D eigenvalue weighted by molar-refractivity contribution is 7.88. The molecule has 1 N–H and O–H groups in total. The molecule has 0 unspecified atom stereocenters. The zero-order valence-electron chi connectivity index (χ0n) is 11.2. The summed E-state index contributed by atoms with van der Waals surface area (Å²) < 4.78 is 24.2. The van der Waals surface area contributed by atoms with Crippen molar-refractivity contribution in [2.45, 2.75) is 6.42 Å². The second-order valence-electron chi connectivity index (χ2n) is 5.35. The summed E-state index contributed by atoms with van der Waals surface area (Å²) in [4.78, 5) is 14.3. The molecule has 0 aliphatic carbocycles. The van der Waals surface area contributed by atoms with E-state index >= 15 is 0 Å². The summed E-state index contributed by atoms with van der Waals surface area (Å²) in [7, 11) is -3.06. The number of carboxylic acid groups (broad SMARTS) is 1. The first-order valence-electron chi connectivity index (χ1n) is 6.51. The first-order chi connectivity index (χ1) is 8.86. The van der Waals surface area contributed by atoms with Crippen LogP contribution in [0, 0.1) is 5.92 Å². The lowest BCUT2D eigenvalue weighted by Crippen LogP contribution is -2.52. The molecule has 0 aromatic carbocycles. The number of hydrogen-bond donors (Lipinski definition) is 1. The Hall–Kier alpha value is -0.860. The maximum absolute atomic E-state index is 11.4. The summed E-state index contributed by atoms with van der Waals surface area (Å²) in [6.45, 7) is 4.85. The molecule has 0 bridgehead atoms. The number of hydrogen-bond acceptors (Lipinski definition) is 4. The lowest BCUT2D eigenvalue weighted by atomic mass is 9.96. The van der Waals surface area contributed by atoms with Crippen molar-refractivity contribution in [1.82, 2.24) is 14.1 Å². The van der Waals surface area contributed by atoms with Crippen LogP contribution >= 0.6 is 0 Å². The van der Waals surface area contributed by atoms with Crippen LogP contribution in [0.4, 0.5) is 4.79 Å². The molecule has 1 amide bonds. The van der Waals surface area contributed by atoms with E-state index in [4.69, 9.17) is 5.11 Å². The van der Waals surface area contributed by atoms with Crippen molar-refractivity contribution in [2.24, 2.45) is 5.92 Å². The maximum atomic E-state index is 11.4. The Morgan fingerprint density at radius 1 is 1.21 bits per heavy atom. The van der Waals surface area contributed by atoms with Gasteiger partial charge in [-0.15, -0.1) is 0 Å². The van der Waals surface area contributed by atoms with Gasteiger partial charge in [0.15, 0.2) is 0 Å². The summed E-state index contributed by atoms with van der Waals surface area (Å²) in [5.41, 5.74) is 0. The number of sulfonamides is 1. The van der Waals surface area contributed by atoms with Gasteiger partial charge in [-0.3, -0.25) is 0 Å². The molecule has 0 atom stereocenters. The lowest BCUT2D eigenvalue weighted by molar-refractivity contribution is 0.0701. The summed E-state index contributed by atoms with van der Waals surface area (Å²) >= 11 is 0. The number of carbonyl (C=O) groups is 1. The fourth-order valence-corrected chi connectivity index (χ4v) is 3.39. The quantitative estimate of drug-likeness (QED) is 0.760. The molecule has 0 aromatic heterocycles. The van der Waals surface area contributed by atoms with E-state index in [9.17, 15) is 13.2 Å². The standard InChI is InChI=1S/C11H21N3O4S/c1-19(17,18)14-6-4-12(5-7-14)3-2-10-8-13(9-10)11(15)16/h10H,2-9H2,1H3,(H,15,16). The molecule has 2 heterocycles. The molecule has 0 saturated carbocycles. The minimum atomic E-state index is -3.06. The van der Waals surface area contributed by atoms with Crippen LogP contribution in [0.3, 0.4) is 0 Å². The third-order valence-corrected chi connectivity index (χ3v) is 5.18. The van der Waals surface area contributed by atoms with Crippen LogP contribution in [0.15, 0.2) is 0 Å². The molecule has 19 heavy (non-hydrogen) atoms. The smallest absolute Gasteiger partial charge is 0.407 e. The molecule has 0 radical (unpaired) electrons. The highest BCUT2D eigenvalue weighted by Crippen LogP contribution is 2.19. The molecular formula is C11H21N3O4S. The van der Waals surface area contributed by atoms with Crippen LogP contribution in [0.5, 0.6) is 0 Å². The molecule has 7 nitrogen and oxygen atoms in total. The molecule has 0 aromatic rings. The van der Waals surface area contributed by atoms with Gasteiger partial charge >= 0.3 is 6.09 Å². The second kappa shape index (κ2) is 5.64. The van der Waals surface area contributed by atoms with Crippen LogP contribution in [-0.4, -0.2) is 85.8 Å². The lowest BCUT2D eigenvalue weighted by Gasteiger charge is -2.39. The highest BCUT2D eigenvalue weighted by atomic mass is 32.2. The third-order valence-electron chi connectivity index (χ3n) is 3.88. The number of rotatable bonds is 4. The van der Waals surface area contributed by atoms with Gasteiger partial charge < -0.3 is 14.9 Å². The zero-order chi connectivity index (χ0) is 14.0. The molecule has 0 spiro atoms. The van der Waals surface area contributed by atoms with Crippen LogP contribution in [-0.2, 0) is 10.0 Å². The molecule has 8 heteroatoms. The van der Waals surface area contributed by atoms with Crippen molar-refractivity contribution in [3.8, 4) is 0 Å². The summed E-state index contributed by atoms with van der Waals surface area (Å²) in [5.74, 6) is 0.462. The van der Waals surface area contributed by atoms with Crippen LogP contribution in [0.2, 0.25) is 0 Å². The molecule has 2 rings (SSSR count). The Morgan fingerprint density at radius 2 is 1.79 bits per heavy atom. The van der Waals surface area contributed by atoms with Gasteiger partial charge in [0, 0.05) is 39.3 Å². The van der Waals surface area contributed by atoms with E-state index in [2.05, 4.69) is 4.90 Å². The van der Waals surface area contributed by atoms with Crippen molar-refractivity contribution in [1.29, 1.82) is 0 Å². The van der Waals surface area contributed by atoms with Crippen molar-refractivity contribution in [3.05, 3.63) is 0 Å². The van der Waals surface area contributed by atoms with E-state index in [-0.39, 0.29) is 0 Å². The average Bonchev–Trinajstić information content (AvgIpc) is 2.25. The Morgan fingerprint density at radius 3 is 2.26 bits per heavy atom. The number of nitrogens with zero attached hydrogens (tertiary/aromatic N) is 3. The van der Waals surface area contributed by atoms with Gasteiger partial charge in [-0.25, -0.2) is 13.2 Å². The fourth-order valence-electron chi connectivity index (χ4n) is 2.56. The normalized spacial score (nSPS) is 23.3. The topological polar surface area (TPSA) is 81.2 Å². The van der Waals surface area contributed by atoms with E-state index in [0.29, 0.717) is 32.1 Å². The second-order valence-corrected chi connectivity index (χ2v) is 7.33. The van der Waals surface area contributed by atoms with Crippen LogP contribution < -0.4 is 0 Å². The summed E-state index contributed by atoms with van der Waals surface area (Å²) in [6, 6.07) is 0. The van der Waals surface area contributed by atoms with Gasteiger partial charge in [0.05, 0.1) is 6.26 Å². The highest BCUT2D eigenvalue weighted by Gasteiger charge is 2.31. The summed E-state index contributed by atoms with van der Waals surface area (Å²) in [6.07, 6.45) is 1.40. The fraction of sp³-hybridized carbons (Fsp3) is 0.909. The number of piperazine rings is 1. The predicted octanol–water partition coefficient (Wildman–Crippen LogP) is -0.436. The van der Waals surface area contributed by atoms with Crippen LogP contribution in [0.1, 0.15) is 6.42 Å². The van der Waals surface area contributed by atoms with E-state index in [1.807, 2.05) is 0 Å². The van der Waals surface area contributed by atoms with Gasteiger partial charge in [-0.05, 0) is 18.9 Å². The SMILES string of the molecule is CS(=O)(=O)N1CCN(CCC2CN(C(=O)O)C2)CC1. The van der Waals surface area contributed by atoms with Gasteiger partial charge in [-0.1, -0.05) is 0 Å². The van der Waals surface area contributed by atoms with Crippen LogP contribution in [0.25, 0.3) is 0 Å². The monoisotopic (exact) mass is 291 g/mol. The van der Waals surface area contributed by atoms with Crippen molar-refractivity contribution in [2.75, 3.05) is 52.1 Å². The molecule has 2 saturated heterocycles. The van der Waals surface area contributed by atoms with Crippen molar-refractivity contribution < 1.29 is 18.3 Å². The summed E-state index contributed by atoms with van der Waals surface area (Å²) in [5, 5.41) is 8.73. The van der Waals surface area contributed by atoms with Gasteiger partial charge in [0.25, 0.3) is 0 Å². The van der Waals surface area contributed by atoms with E-state index in [1.165, 1.54) is 15.5 Å². The Balaban J connectivity index is 1.63. The van der Waals surface area contributed by atoms with Crippen molar-refractivity contribution >= 4 is 16.1 Å². The minimum absolute atomic E-state index is 0.462. The van der Waals surface area contributed by atoms with Crippen molar-refractivity contribution in [3.63, 3.8) is 0 Å². The molecule has 2 aliphatic rings. The number of likely N-dealkylation sites (tertiary alicyclic amines) is 1. The Labute approximate surface area is 113 Å². The first-order valence-corrected chi connectivity index (χ1v) is 8.36. The largest absolute Gasteiger partial charge is 0.465 e. The van der Waals surface area contributed by atoms with Gasteiger partial charge in [0.2, 0.25) is 10.0 Å². The third kappa shape index (κ3) is 3.80. The molecular weight excluding hydrogens is 270 g/mol. The maximum Gasteiger partial charge on any atom is 0.407 e. The molecule has 2 fully saturated rings. The first kappa shape index (κ1) is 14.5. The van der Waals surface area contributed by atoms with E-state index in [1.54, 1.807) is 0 Å². The van der Waals surface area contributed by atoms with Gasteiger partial charge in [-0.2, -0.15) is 4.31 Å². The Kier molecular flexibility index (Phi) is 4.32. The molecule has 2 aliphatic heterocycles.